The minimum atomic E-state index is -0.449. The zero-order valence-corrected chi connectivity index (χ0v) is 10.8. The Balaban J connectivity index is 1.92. The monoisotopic (exact) mass is 265 g/mol. The number of nitrogens with two attached hydrogens (primary N) is 1. The second kappa shape index (κ2) is 6.49. The Morgan fingerprint density at radius 3 is 2.79 bits per heavy atom. The molecular weight excluding hydrogens is 246 g/mol. The van der Waals surface area contributed by atoms with E-state index in [0.717, 1.165) is 12.2 Å². The fourth-order valence-electron chi connectivity index (χ4n) is 2.46. The number of hydrogen-bond acceptors (Lipinski definition) is 5. The van der Waals surface area contributed by atoms with Crippen molar-refractivity contribution in [3.8, 4) is 0 Å². The lowest BCUT2D eigenvalue weighted by Gasteiger charge is -2.10. The molecule has 0 unspecified atom stereocenters. The molecule has 0 aromatic heterocycles. The molecule has 0 bridgehead atoms. The third kappa shape index (κ3) is 3.65. The number of nitro benzene ring substituents is 1. The minimum Gasteiger partial charge on any atom is -0.376 e. The fourth-order valence-corrected chi connectivity index (χ4v) is 2.46. The molecule has 6 nitrogen and oxygen atoms in total. The second-order valence-electron chi connectivity index (χ2n) is 4.92. The highest BCUT2D eigenvalue weighted by molar-refractivity contribution is 5.61. The van der Waals surface area contributed by atoms with Gasteiger partial charge in [-0.15, -0.1) is 0 Å². The standard InChI is InChI=1S/C13H19N3O3/c14-15-12-6-5-11(7-13(12)16(17)18)9-19-8-10-3-1-2-4-10/h5-7,10,15H,1-4,8-9,14H2. The van der Waals surface area contributed by atoms with E-state index in [1.807, 2.05) is 0 Å². The van der Waals surface area contributed by atoms with E-state index >= 15 is 0 Å². The van der Waals surface area contributed by atoms with Crippen LogP contribution >= 0.6 is 0 Å². The normalized spacial score (nSPS) is 15.6. The molecule has 1 aliphatic carbocycles. The molecule has 1 aromatic carbocycles. The Bertz CT molecular complexity index is 445. The molecule has 0 saturated heterocycles. The molecule has 1 aliphatic rings. The van der Waals surface area contributed by atoms with Gasteiger partial charge in [-0.1, -0.05) is 18.9 Å². The van der Waals surface area contributed by atoms with E-state index in [1.165, 1.54) is 31.7 Å². The minimum absolute atomic E-state index is 0.0236. The van der Waals surface area contributed by atoms with Crippen molar-refractivity contribution in [3.05, 3.63) is 33.9 Å². The number of nitrogens with one attached hydrogen (secondary N) is 1. The van der Waals surface area contributed by atoms with E-state index < -0.39 is 4.92 Å². The number of nitrogen functional groups attached to an aromatic ring is 1. The van der Waals surface area contributed by atoms with Crippen molar-refractivity contribution in [1.29, 1.82) is 0 Å². The first kappa shape index (κ1) is 13.8. The number of nitrogens with zero attached hydrogens (tertiary/aromatic N) is 1. The summed E-state index contributed by atoms with van der Waals surface area (Å²) in [6.07, 6.45) is 5.04. The molecule has 0 heterocycles. The summed E-state index contributed by atoms with van der Waals surface area (Å²) in [4.78, 5) is 10.4. The van der Waals surface area contributed by atoms with Crippen LogP contribution in [-0.2, 0) is 11.3 Å². The van der Waals surface area contributed by atoms with Crippen LogP contribution in [0.2, 0.25) is 0 Å². The lowest BCUT2D eigenvalue weighted by molar-refractivity contribution is -0.384. The van der Waals surface area contributed by atoms with Gasteiger partial charge in [-0.2, -0.15) is 0 Å². The van der Waals surface area contributed by atoms with Crippen LogP contribution in [0.4, 0.5) is 11.4 Å². The van der Waals surface area contributed by atoms with Crippen molar-refractivity contribution >= 4 is 11.4 Å². The smallest absolute Gasteiger partial charge is 0.294 e. The molecular formula is C13H19N3O3. The summed E-state index contributed by atoms with van der Waals surface area (Å²) < 4.78 is 5.64. The number of hydrazine groups is 1. The molecule has 1 fully saturated rings. The number of anilines is 1. The van der Waals surface area contributed by atoms with Gasteiger partial charge < -0.3 is 10.2 Å². The third-order valence-corrected chi connectivity index (χ3v) is 3.51. The van der Waals surface area contributed by atoms with Gasteiger partial charge in [-0.25, -0.2) is 0 Å². The maximum atomic E-state index is 10.9. The summed E-state index contributed by atoms with van der Waals surface area (Å²) in [6, 6.07) is 4.90. The van der Waals surface area contributed by atoms with Crippen molar-refractivity contribution < 1.29 is 9.66 Å². The van der Waals surface area contributed by atoms with Crippen LogP contribution in [0.25, 0.3) is 0 Å². The molecule has 1 aromatic rings. The summed E-state index contributed by atoms with van der Waals surface area (Å²) in [5, 5.41) is 10.9. The zero-order chi connectivity index (χ0) is 13.7. The summed E-state index contributed by atoms with van der Waals surface area (Å²) in [6.45, 7) is 1.15. The fraction of sp³-hybridized carbons (Fsp3) is 0.538. The highest BCUT2D eigenvalue weighted by atomic mass is 16.6. The number of nitro groups is 1. The van der Waals surface area contributed by atoms with Gasteiger partial charge >= 0.3 is 0 Å². The van der Waals surface area contributed by atoms with Gasteiger partial charge in [0.1, 0.15) is 5.69 Å². The summed E-state index contributed by atoms with van der Waals surface area (Å²) in [5.74, 6) is 5.89. The zero-order valence-electron chi connectivity index (χ0n) is 10.8. The van der Waals surface area contributed by atoms with E-state index in [9.17, 15) is 10.1 Å². The average Bonchev–Trinajstić information content (AvgIpc) is 2.91. The maximum Gasteiger partial charge on any atom is 0.294 e. The highest BCUT2D eigenvalue weighted by Crippen LogP contribution is 2.27. The molecule has 3 N–H and O–H groups in total. The molecule has 2 rings (SSSR count). The largest absolute Gasteiger partial charge is 0.376 e. The first-order valence-electron chi connectivity index (χ1n) is 6.52. The van der Waals surface area contributed by atoms with Gasteiger partial charge in [0, 0.05) is 12.7 Å². The third-order valence-electron chi connectivity index (χ3n) is 3.51. The van der Waals surface area contributed by atoms with Gasteiger partial charge in [0.25, 0.3) is 5.69 Å². The van der Waals surface area contributed by atoms with E-state index in [1.54, 1.807) is 12.1 Å². The van der Waals surface area contributed by atoms with Crippen LogP contribution < -0.4 is 11.3 Å². The molecule has 0 radical (unpaired) electrons. The van der Waals surface area contributed by atoms with E-state index in [4.69, 9.17) is 10.6 Å². The van der Waals surface area contributed by atoms with Crippen LogP contribution in [0, 0.1) is 16.0 Å². The van der Waals surface area contributed by atoms with E-state index in [2.05, 4.69) is 5.43 Å². The van der Waals surface area contributed by atoms with Crippen LogP contribution in [0.5, 0.6) is 0 Å². The summed E-state index contributed by atoms with van der Waals surface area (Å²) in [5.41, 5.74) is 3.40. The van der Waals surface area contributed by atoms with Gasteiger partial charge in [-0.05, 0) is 30.4 Å². The molecule has 0 aliphatic heterocycles. The molecule has 6 heteroatoms. The molecule has 0 atom stereocenters. The SMILES string of the molecule is NNc1ccc(COCC2CCCC2)cc1[N+](=O)[O-]. The number of benzene rings is 1. The van der Waals surface area contributed by atoms with Crippen LogP contribution in [0.3, 0.4) is 0 Å². The Hall–Kier alpha value is -1.66. The Morgan fingerprint density at radius 2 is 2.16 bits per heavy atom. The first-order chi connectivity index (χ1) is 9.20. The van der Waals surface area contributed by atoms with Crippen molar-refractivity contribution in [2.24, 2.45) is 11.8 Å². The Labute approximate surface area is 112 Å². The molecule has 19 heavy (non-hydrogen) atoms. The molecule has 0 spiro atoms. The quantitative estimate of drug-likeness (QED) is 0.468. The highest BCUT2D eigenvalue weighted by Gasteiger charge is 2.16. The molecule has 1 saturated carbocycles. The predicted octanol–water partition coefficient (Wildman–Crippen LogP) is 2.59. The van der Waals surface area contributed by atoms with Gasteiger partial charge in [0.05, 0.1) is 11.5 Å². The van der Waals surface area contributed by atoms with Crippen molar-refractivity contribution in [1.82, 2.24) is 0 Å². The summed E-state index contributed by atoms with van der Waals surface area (Å²) >= 11 is 0. The number of hydrogen-bond donors (Lipinski definition) is 2. The summed E-state index contributed by atoms with van der Waals surface area (Å²) in [7, 11) is 0. The lowest BCUT2D eigenvalue weighted by atomic mass is 10.1. The van der Waals surface area contributed by atoms with Gasteiger partial charge in [-0.3, -0.25) is 16.0 Å². The van der Waals surface area contributed by atoms with Crippen LogP contribution in [0.15, 0.2) is 18.2 Å². The van der Waals surface area contributed by atoms with Gasteiger partial charge in [0.15, 0.2) is 0 Å². The maximum absolute atomic E-state index is 10.9. The second-order valence-corrected chi connectivity index (χ2v) is 4.92. The molecule has 0 amide bonds. The van der Waals surface area contributed by atoms with Crippen molar-refractivity contribution in [3.63, 3.8) is 0 Å². The van der Waals surface area contributed by atoms with Crippen LogP contribution in [-0.4, -0.2) is 11.5 Å². The first-order valence-corrected chi connectivity index (χ1v) is 6.52. The topological polar surface area (TPSA) is 90.4 Å². The van der Waals surface area contributed by atoms with Crippen molar-refractivity contribution in [2.75, 3.05) is 12.0 Å². The number of rotatable bonds is 6. The van der Waals surface area contributed by atoms with E-state index in [-0.39, 0.29) is 5.69 Å². The van der Waals surface area contributed by atoms with Crippen LogP contribution in [0.1, 0.15) is 31.2 Å². The van der Waals surface area contributed by atoms with Gasteiger partial charge in [0.2, 0.25) is 0 Å². The molecule has 104 valence electrons. The number of ether oxygens (including phenoxy) is 1. The Kier molecular flexibility index (Phi) is 4.70. The predicted molar refractivity (Wildman–Crippen MR) is 72.5 cm³/mol. The Morgan fingerprint density at radius 1 is 1.42 bits per heavy atom. The average molecular weight is 265 g/mol. The lowest BCUT2D eigenvalue weighted by Crippen LogP contribution is -2.10. The van der Waals surface area contributed by atoms with E-state index in [0.29, 0.717) is 18.2 Å². The van der Waals surface area contributed by atoms with Crippen molar-refractivity contribution in [2.45, 2.75) is 32.3 Å².